The molecular formula is C22H19F3N4O3S. The first-order chi connectivity index (χ1) is 15.8. The molecule has 3 heterocycles. The van der Waals surface area contributed by atoms with E-state index in [9.17, 15) is 18.0 Å². The summed E-state index contributed by atoms with van der Waals surface area (Å²) in [6.07, 6.45) is 2.69. The van der Waals surface area contributed by atoms with Crippen LogP contribution in [-0.2, 0) is 12.6 Å². The second-order valence-corrected chi connectivity index (χ2v) is 7.88. The Kier molecular flexibility index (Phi) is 6.23. The van der Waals surface area contributed by atoms with Crippen molar-refractivity contribution in [1.82, 2.24) is 14.4 Å². The lowest BCUT2D eigenvalue weighted by Gasteiger charge is -2.10. The smallest absolute Gasteiger partial charge is 0.436 e. The Morgan fingerprint density at radius 3 is 2.82 bits per heavy atom. The van der Waals surface area contributed by atoms with Crippen molar-refractivity contribution in [3.05, 3.63) is 64.2 Å². The molecule has 3 aromatic heterocycles. The van der Waals surface area contributed by atoms with Crippen LogP contribution in [0.25, 0.3) is 17.1 Å². The van der Waals surface area contributed by atoms with E-state index in [1.165, 1.54) is 11.3 Å². The van der Waals surface area contributed by atoms with Crippen LogP contribution in [0.2, 0.25) is 0 Å². The molecule has 4 aromatic rings. The van der Waals surface area contributed by atoms with E-state index in [2.05, 4.69) is 22.2 Å². The summed E-state index contributed by atoms with van der Waals surface area (Å²) in [5, 5.41) is 4.03. The number of hydrogen-bond donors (Lipinski definition) is 1. The lowest BCUT2D eigenvalue weighted by molar-refractivity contribution is -0.141. The van der Waals surface area contributed by atoms with Crippen molar-refractivity contribution in [3.63, 3.8) is 0 Å². The van der Waals surface area contributed by atoms with Crippen LogP contribution in [0.3, 0.4) is 0 Å². The maximum Gasteiger partial charge on any atom is 0.436 e. The molecule has 0 saturated heterocycles. The van der Waals surface area contributed by atoms with Gasteiger partial charge in [-0.25, -0.2) is 4.98 Å². The van der Waals surface area contributed by atoms with E-state index in [0.717, 1.165) is 29.7 Å². The van der Waals surface area contributed by atoms with Crippen molar-refractivity contribution in [3.8, 4) is 5.75 Å². The van der Waals surface area contributed by atoms with Gasteiger partial charge in [-0.1, -0.05) is 31.6 Å². The number of imidazole rings is 1. The Morgan fingerprint density at radius 2 is 2.12 bits per heavy atom. The van der Waals surface area contributed by atoms with Crippen molar-refractivity contribution in [1.29, 1.82) is 0 Å². The predicted molar refractivity (Wildman–Crippen MR) is 118 cm³/mol. The molecular weight excluding hydrogens is 457 g/mol. The molecule has 7 nitrogen and oxygen atoms in total. The minimum atomic E-state index is -4.68. The van der Waals surface area contributed by atoms with E-state index in [1.807, 2.05) is 24.3 Å². The van der Waals surface area contributed by atoms with Crippen molar-refractivity contribution in [2.75, 3.05) is 12.4 Å². The van der Waals surface area contributed by atoms with Gasteiger partial charge in [-0.2, -0.15) is 18.2 Å². The van der Waals surface area contributed by atoms with E-state index < -0.39 is 23.8 Å². The Balaban J connectivity index is 1.68. The van der Waals surface area contributed by atoms with Gasteiger partial charge in [0.25, 0.3) is 5.91 Å². The number of rotatable bonds is 7. The molecule has 1 amide bonds. The van der Waals surface area contributed by atoms with Crippen LogP contribution in [-0.4, -0.2) is 27.4 Å². The summed E-state index contributed by atoms with van der Waals surface area (Å²) in [7, 11) is 1.61. The average molecular weight is 476 g/mol. The highest BCUT2D eigenvalue weighted by molar-refractivity contribution is 7.15. The van der Waals surface area contributed by atoms with Crippen LogP contribution >= 0.6 is 11.3 Å². The molecule has 0 fully saturated rings. The second kappa shape index (κ2) is 9.10. The van der Waals surface area contributed by atoms with Crippen LogP contribution in [0.5, 0.6) is 5.75 Å². The summed E-state index contributed by atoms with van der Waals surface area (Å²) >= 11 is 1.32. The molecule has 1 aromatic carbocycles. The predicted octanol–water partition coefficient (Wildman–Crippen LogP) is 5.79. The zero-order chi connectivity index (χ0) is 23.6. The van der Waals surface area contributed by atoms with Crippen LogP contribution in [0.15, 0.2) is 40.5 Å². The number of alkyl halides is 3. The van der Waals surface area contributed by atoms with Crippen LogP contribution in [0.4, 0.5) is 19.2 Å². The number of aromatic nitrogens is 3. The van der Waals surface area contributed by atoms with Gasteiger partial charge in [0, 0.05) is 17.1 Å². The first kappa shape index (κ1) is 22.6. The maximum absolute atomic E-state index is 12.9. The molecule has 4 rings (SSSR count). The summed E-state index contributed by atoms with van der Waals surface area (Å²) in [6.45, 7) is 2.07. The summed E-state index contributed by atoms with van der Waals surface area (Å²) in [6, 6.07) is 5.15. The van der Waals surface area contributed by atoms with Gasteiger partial charge in [0.05, 0.1) is 12.8 Å². The molecule has 0 atom stereocenters. The molecule has 0 saturated carbocycles. The zero-order valence-electron chi connectivity index (χ0n) is 17.6. The third-order valence-electron chi connectivity index (χ3n) is 4.83. The highest BCUT2D eigenvalue weighted by Gasteiger charge is 2.35. The molecule has 1 N–H and O–H groups in total. The van der Waals surface area contributed by atoms with E-state index in [4.69, 9.17) is 9.15 Å². The number of fused-ring (bicyclic) bond motifs is 1. The molecule has 0 unspecified atom stereocenters. The molecule has 0 bridgehead atoms. The molecule has 11 heteroatoms. The Labute approximate surface area is 190 Å². The van der Waals surface area contributed by atoms with Gasteiger partial charge < -0.3 is 9.15 Å². The van der Waals surface area contributed by atoms with Gasteiger partial charge in [0.2, 0.25) is 0 Å². The maximum atomic E-state index is 12.9. The third-order valence-corrected chi connectivity index (χ3v) is 5.59. The molecule has 0 radical (unpaired) electrons. The highest BCUT2D eigenvalue weighted by atomic mass is 32.1. The van der Waals surface area contributed by atoms with Crippen molar-refractivity contribution < 1.29 is 27.1 Å². The molecule has 0 aliphatic heterocycles. The van der Waals surface area contributed by atoms with E-state index >= 15 is 0 Å². The monoisotopic (exact) mass is 476 g/mol. The number of nitrogens with zero attached hydrogens (tertiary/aromatic N) is 3. The van der Waals surface area contributed by atoms with E-state index in [-0.39, 0.29) is 5.69 Å². The first-order valence-corrected chi connectivity index (χ1v) is 10.8. The Morgan fingerprint density at radius 1 is 1.30 bits per heavy atom. The average Bonchev–Trinajstić information content (AvgIpc) is 3.48. The van der Waals surface area contributed by atoms with Gasteiger partial charge in [-0.3, -0.25) is 14.5 Å². The Bertz CT molecular complexity index is 1320. The lowest BCUT2D eigenvalue weighted by Crippen LogP contribution is -2.16. The number of ether oxygens (including phenoxy) is 1. The number of carbonyl (C=O) groups excluding carboxylic acids is 1. The number of thiazole rings is 1. The van der Waals surface area contributed by atoms with Crippen molar-refractivity contribution >= 4 is 40.4 Å². The largest absolute Gasteiger partial charge is 0.496 e. The SMILES string of the molecule is CCCc1c(C=Cc2nc3sccn3c2C(=O)Nc2nc(C(F)(F)F)co2)cccc1OC. The standard InChI is InChI=1S/C22H19F3N4O3S/c1-3-5-14-13(6-4-7-16(14)31-2)8-9-15-18(29-10-11-33-21(29)26-15)19(30)28-20-27-17(12-32-20)22(23,24)25/h4,6-12H,3,5H2,1-2H3,(H,27,28,30). The highest BCUT2D eigenvalue weighted by Crippen LogP contribution is 2.30. The van der Waals surface area contributed by atoms with Crippen molar-refractivity contribution in [2.45, 2.75) is 25.9 Å². The van der Waals surface area contributed by atoms with Crippen LogP contribution in [0, 0.1) is 0 Å². The molecule has 33 heavy (non-hydrogen) atoms. The number of oxazole rings is 1. The van der Waals surface area contributed by atoms with Gasteiger partial charge >= 0.3 is 12.2 Å². The van der Waals surface area contributed by atoms with Crippen LogP contribution < -0.4 is 10.1 Å². The summed E-state index contributed by atoms with van der Waals surface area (Å²) < 4.78 is 50.1. The van der Waals surface area contributed by atoms with E-state index in [0.29, 0.717) is 16.9 Å². The Hall–Kier alpha value is -3.60. The van der Waals surface area contributed by atoms with Gasteiger partial charge in [-0.05, 0) is 24.1 Å². The minimum absolute atomic E-state index is 0.147. The summed E-state index contributed by atoms with van der Waals surface area (Å²) in [4.78, 5) is 21.3. The molecule has 0 aliphatic carbocycles. The fraction of sp³-hybridized carbons (Fsp3) is 0.227. The molecule has 0 aliphatic rings. The van der Waals surface area contributed by atoms with Gasteiger partial charge in [-0.15, -0.1) is 11.3 Å². The number of methoxy groups -OCH3 is 1. The summed E-state index contributed by atoms with van der Waals surface area (Å²) in [5.74, 6) is 0.0719. The number of benzene rings is 1. The number of anilines is 1. The number of hydrogen-bond acceptors (Lipinski definition) is 6. The molecule has 172 valence electrons. The fourth-order valence-corrected chi connectivity index (χ4v) is 4.10. The summed E-state index contributed by atoms with van der Waals surface area (Å²) in [5.41, 5.74) is 1.22. The third kappa shape index (κ3) is 4.63. The number of carbonyl (C=O) groups is 1. The van der Waals surface area contributed by atoms with Crippen LogP contribution in [0.1, 0.15) is 46.3 Å². The molecule has 0 spiro atoms. The zero-order valence-corrected chi connectivity index (χ0v) is 18.5. The minimum Gasteiger partial charge on any atom is -0.496 e. The number of nitrogens with one attached hydrogen (secondary N) is 1. The fourth-order valence-electron chi connectivity index (χ4n) is 3.38. The van der Waals surface area contributed by atoms with Gasteiger partial charge in [0.15, 0.2) is 10.7 Å². The second-order valence-electron chi connectivity index (χ2n) is 7.00. The lowest BCUT2D eigenvalue weighted by atomic mass is 10.0. The quantitative estimate of drug-likeness (QED) is 0.365. The first-order valence-electron chi connectivity index (χ1n) is 9.95. The topological polar surface area (TPSA) is 81.7 Å². The van der Waals surface area contributed by atoms with Gasteiger partial charge in [0.1, 0.15) is 17.7 Å². The normalized spacial score (nSPS) is 12.0. The number of halogens is 3. The van der Waals surface area contributed by atoms with Crippen molar-refractivity contribution in [2.24, 2.45) is 0 Å². The number of amides is 1. The van der Waals surface area contributed by atoms with E-state index in [1.54, 1.807) is 29.2 Å².